The van der Waals surface area contributed by atoms with E-state index in [2.05, 4.69) is 16.0 Å². The summed E-state index contributed by atoms with van der Waals surface area (Å²) in [7, 11) is 3.22. The summed E-state index contributed by atoms with van der Waals surface area (Å²) in [6.07, 6.45) is 11.3. The maximum Gasteiger partial charge on any atom is 0.251 e. The predicted molar refractivity (Wildman–Crippen MR) is 141 cm³/mol. The van der Waals surface area contributed by atoms with Crippen molar-refractivity contribution in [2.75, 3.05) is 14.1 Å². The second-order valence-corrected chi connectivity index (χ2v) is 9.00. The van der Waals surface area contributed by atoms with E-state index < -0.39 is 0 Å². The molecule has 0 unspecified atom stereocenters. The molecule has 190 valence electrons. The fraction of sp³-hybridized carbons (Fsp3) is 0.464. The van der Waals surface area contributed by atoms with Crippen molar-refractivity contribution < 1.29 is 14.4 Å². The number of nitrogens with one attached hydrogen (secondary N) is 3. The summed E-state index contributed by atoms with van der Waals surface area (Å²) in [4.78, 5) is 32.6. The summed E-state index contributed by atoms with van der Waals surface area (Å²) in [5, 5.41) is 8.67. The average Bonchev–Trinajstić information content (AvgIpc) is 3.62. The number of hydrogen-bond acceptors (Lipinski definition) is 5. The van der Waals surface area contributed by atoms with E-state index in [1.54, 1.807) is 38.4 Å². The first-order valence-electron chi connectivity index (χ1n) is 12.5. The van der Waals surface area contributed by atoms with Gasteiger partial charge in [-0.05, 0) is 55.5 Å². The number of hydrogen-bond donors (Lipinski definition) is 4. The zero-order valence-corrected chi connectivity index (χ0v) is 21.0. The fourth-order valence-electron chi connectivity index (χ4n) is 4.13. The molecule has 0 radical (unpaired) electrons. The van der Waals surface area contributed by atoms with Crippen LogP contribution in [0, 0.1) is 0 Å². The van der Waals surface area contributed by atoms with Crippen LogP contribution in [-0.4, -0.2) is 44.3 Å². The molecule has 35 heavy (non-hydrogen) atoms. The number of carbonyl (C=O) groups excluding carboxylic acids is 3. The van der Waals surface area contributed by atoms with Crippen molar-refractivity contribution in [3.8, 4) is 0 Å². The van der Waals surface area contributed by atoms with Crippen LogP contribution in [0.5, 0.6) is 0 Å². The SMILES string of the molecule is CNC(=O)c1ccc(C=O)cc1.CNC(=O)c1ccc(CNC2CCCC2)cc1.NC1CCCC1. The summed E-state index contributed by atoms with van der Waals surface area (Å²) in [5.41, 5.74) is 8.62. The Balaban J connectivity index is 0.000000207. The zero-order valence-electron chi connectivity index (χ0n) is 21.0. The second-order valence-electron chi connectivity index (χ2n) is 9.00. The van der Waals surface area contributed by atoms with Crippen LogP contribution in [-0.2, 0) is 6.54 Å². The van der Waals surface area contributed by atoms with E-state index in [-0.39, 0.29) is 11.8 Å². The molecule has 2 aliphatic rings. The Hall–Kier alpha value is -3.03. The molecule has 0 saturated heterocycles. The van der Waals surface area contributed by atoms with E-state index in [9.17, 15) is 14.4 Å². The van der Waals surface area contributed by atoms with Gasteiger partial charge in [0.25, 0.3) is 11.8 Å². The van der Waals surface area contributed by atoms with Crippen LogP contribution in [0.3, 0.4) is 0 Å². The molecule has 0 spiro atoms. The van der Waals surface area contributed by atoms with E-state index in [0.29, 0.717) is 23.2 Å². The monoisotopic (exact) mass is 480 g/mol. The Kier molecular flexibility index (Phi) is 12.7. The van der Waals surface area contributed by atoms with Gasteiger partial charge in [0.2, 0.25) is 0 Å². The first kappa shape index (κ1) is 28.2. The van der Waals surface area contributed by atoms with Gasteiger partial charge >= 0.3 is 0 Å². The number of rotatable bonds is 6. The topological polar surface area (TPSA) is 113 Å². The highest BCUT2D eigenvalue weighted by molar-refractivity contribution is 5.94. The molecule has 2 saturated carbocycles. The van der Waals surface area contributed by atoms with Gasteiger partial charge in [-0.25, -0.2) is 0 Å². The molecular weight excluding hydrogens is 440 g/mol. The molecular formula is C28H40N4O3. The standard InChI is InChI=1S/C14H20N2O.C9H9NO2.C5H11N/c1-15-14(17)12-8-6-11(7-9-12)10-16-13-4-2-3-5-13;1-10-9(12)8-4-2-7(6-11)3-5-8;6-5-3-1-2-4-5/h6-9,13,16H,2-5,10H2,1H3,(H,15,17);2-6H,1H3,(H,10,12);5H,1-4,6H2. The number of carbonyl (C=O) groups is 3. The molecule has 2 aromatic carbocycles. The summed E-state index contributed by atoms with van der Waals surface area (Å²) in [5.74, 6) is -0.173. The molecule has 7 heteroatoms. The lowest BCUT2D eigenvalue weighted by atomic mass is 10.1. The molecule has 0 bridgehead atoms. The van der Waals surface area contributed by atoms with Crippen molar-refractivity contribution in [3.63, 3.8) is 0 Å². The molecule has 0 heterocycles. The van der Waals surface area contributed by atoms with Gasteiger partial charge in [0.1, 0.15) is 6.29 Å². The van der Waals surface area contributed by atoms with Crippen molar-refractivity contribution in [3.05, 3.63) is 70.8 Å². The molecule has 2 amide bonds. The lowest BCUT2D eigenvalue weighted by Gasteiger charge is -2.11. The lowest BCUT2D eigenvalue weighted by Crippen LogP contribution is -2.25. The van der Waals surface area contributed by atoms with Crippen LogP contribution in [0.1, 0.15) is 88.0 Å². The summed E-state index contributed by atoms with van der Waals surface area (Å²) >= 11 is 0. The summed E-state index contributed by atoms with van der Waals surface area (Å²) in [6.45, 7) is 0.901. The highest BCUT2D eigenvalue weighted by atomic mass is 16.2. The van der Waals surface area contributed by atoms with Crippen LogP contribution in [0.15, 0.2) is 48.5 Å². The minimum absolute atomic E-state index is 0.0275. The summed E-state index contributed by atoms with van der Waals surface area (Å²) < 4.78 is 0. The van der Waals surface area contributed by atoms with Crippen molar-refractivity contribution >= 4 is 18.1 Å². The molecule has 2 fully saturated rings. The molecule has 0 aromatic heterocycles. The molecule has 0 aliphatic heterocycles. The van der Waals surface area contributed by atoms with Gasteiger partial charge in [-0.15, -0.1) is 0 Å². The first-order chi connectivity index (χ1) is 17.0. The highest BCUT2D eigenvalue weighted by Gasteiger charge is 2.13. The van der Waals surface area contributed by atoms with E-state index in [4.69, 9.17) is 5.73 Å². The van der Waals surface area contributed by atoms with Gasteiger partial charge < -0.3 is 21.7 Å². The summed E-state index contributed by atoms with van der Waals surface area (Å²) in [6, 6.07) is 15.5. The van der Waals surface area contributed by atoms with Crippen LogP contribution in [0.2, 0.25) is 0 Å². The predicted octanol–water partition coefficient (Wildman–Crippen LogP) is 3.82. The molecule has 2 aliphatic carbocycles. The molecule has 5 N–H and O–H groups in total. The Bertz CT molecular complexity index is 901. The molecule has 4 rings (SSSR count). The van der Waals surface area contributed by atoms with Crippen molar-refractivity contribution in [2.24, 2.45) is 5.73 Å². The highest BCUT2D eigenvalue weighted by Crippen LogP contribution is 2.18. The van der Waals surface area contributed by atoms with Crippen LogP contribution < -0.4 is 21.7 Å². The third-order valence-electron chi connectivity index (χ3n) is 6.33. The normalized spacial score (nSPS) is 15.3. The molecule has 0 atom stereocenters. The van der Waals surface area contributed by atoms with Gasteiger partial charge in [0.05, 0.1) is 0 Å². The van der Waals surface area contributed by atoms with E-state index >= 15 is 0 Å². The van der Waals surface area contributed by atoms with Gasteiger partial charge in [0.15, 0.2) is 0 Å². The number of benzene rings is 2. The fourth-order valence-corrected chi connectivity index (χ4v) is 4.13. The zero-order chi connectivity index (χ0) is 25.5. The number of aldehydes is 1. The maximum absolute atomic E-state index is 11.4. The van der Waals surface area contributed by atoms with Gasteiger partial charge in [0, 0.05) is 49.4 Å². The largest absolute Gasteiger partial charge is 0.355 e. The Morgan fingerprint density at radius 3 is 1.66 bits per heavy atom. The number of amides is 2. The first-order valence-corrected chi connectivity index (χ1v) is 12.5. The van der Waals surface area contributed by atoms with Crippen molar-refractivity contribution in [1.82, 2.24) is 16.0 Å². The van der Waals surface area contributed by atoms with E-state index in [0.717, 1.165) is 18.4 Å². The van der Waals surface area contributed by atoms with Gasteiger partial charge in [-0.1, -0.05) is 49.9 Å². The Morgan fingerprint density at radius 1 is 0.800 bits per heavy atom. The van der Waals surface area contributed by atoms with E-state index in [1.165, 1.54) is 56.9 Å². The quantitative estimate of drug-likeness (QED) is 0.470. The van der Waals surface area contributed by atoms with E-state index in [1.807, 2.05) is 24.3 Å². The Labute approximate surface area is 209 Å². The van der Waals surface area contributed by atoms with Gasteiger partial charge in [-0.2, -0.15) is 0 Å². The van der Waals surface area contributed by atoms with Crippen LogP contribution in [0.25, 0.3) is 0 Å². The second kappa shape index (κ2) is 15.8. The minimum Gasteiger partial charge on any atom is -0.355 e. The molecule has 2 aromatic rings. The smallest absolute Gasteiger partial charge is 0.251 e. The maximum atomic E-state index is 11.4. The third kappa shape index (κ3) is 10.4. The van der Waals surface area contributed by atoms with Crippen LogP contribution >= 0.6 is 0 Å². The van der Waals surface area contributed by atoms with Crippen LogP contribution in [0.4, 0.5) is 0 Å². The lowest BCUT2D eigenvalue weighted by molar-refractivity contribution is 0.0955. The minimum atomic E-state index is -0.146. The molecule has 7 nitrogen and oxygen atoms in total. The third-order valence-corrected chi connectivity index (χ3v) is 6.33. The Morgan fingerprint density at radius 2 is 1.26 bits per heavy atom. The number of nitrogens with two attached hydrogens (primary N) is 1. The van der Waals surface area contributed by atoms with Crippen molar-refractivity contribution in [2.45, 2.75) is 70.0 Å². The van der Waals surface area contributed by atoms with Gasteiger partial charge in [-0.3, -0.25) is 14.4 Å². The van der Waals surface area contributed by atoms with Crippen molar-refractivity contribution in [1.29, 1.82) is 0 Å². The average molecular weight is 481 g/mol.